The third-order valence-corrected chi connectivity index (χ3v) is 6.31. The number of carbonyl (C=O) groups is 2. The van der Waals surface area contributed by atoms with E-state index in [1.807, 2.05) is 24.3 Å². The van der Waals surface area contributed by atoms with E-state index in [1.165, 1.54) is 0 Å². The van der Waals surface area contributed by atoms with Gasteiger partial charge in [-0.1, -0.05) is 47.3 Å². The molecule has 1 unspecified atom stereocenters. The SMILES string of the molecule is O=C(O)NC1CCN(C(=O)C(c2cccc(Br)c2)C2(O)CCCCC2)CC1. The molecule has 3 rings (SSSR count). The Kier molecular flexibility index (Phi) is 6.42. The summed E-state index contributed by atoms with van der Waals surface area (Å²) < 4.78 is 0.890. The van der Waals surface area contributed by atoms with Crippen molar-refractivity contribution in [3.05, 3.63) is 34.3 Å². The van der Waals surface area contributed by atoms with Crippen LogP contribution in [-0.4, -0.2) is 51.8 Å². The lowest BCUT2D eigenvalue weighted by Crippen LogP contribution is -2.52. The van der Waals surface area contributed by atoms with E-state index in [2.05, 4.69) is 21.2 Å². The summed E-state index contributed by atoms with van der Waals surface area (Å²) in [6, 6.07) is 7.54. The van der Waals surface area contributed by atoms with Gasteiger partial charge in [0, 0.05) is 23.6 Å². The number of nitrogens with one attached hydrogen (secondary N) is 1. The summed E-state index contributed by atoms with van der Waals surface area (Å²) in [6.45, 7) is 1.01. The molecule has 1 aliphatic heterocycles. The molecule has 1 aromatic carbocycles. The van der Waals surface area contributed by atoms with E-state index < -0.39 is 17.6 Å². The monoisotopic (exact) mass is 438 g/mol. The molecule has 1 saturated heterocycles. The standard InChI is InChI=1S/C20H27BrN2O4/c21-15-6-4-5-14(13-15)17(20(27)9-2-1-3-10-20)18(24)23-11-7-16(8-12-23)22-19(25)26/h4-6,13,16-17,22,27H,1-3,7-12H2,(H,25,26). The van der Waals surface area contributed by atoms with Gasteiger partial charge >= 0.3 is 6.09 Å². The maximum Gasteiger partial charge on any atom is 0.404 e. The number of hydrogen-bond donors (Lipinski definition) is 3. The molecule has 27 heavy (non-hydrogen) atoms. The predicted octanol–water partition coefficient (Wildman–Crippen LogP) is 3.49. The zero-order valence-corrected chi connectivity index (χ0v) is 17.0. The Morgan fingerprint density at radius 1 is 1.19 bits per heavy atom. The first-order valence-electron chi connectivity index (χ1n) is 9.65. The van der Waals surface area contributed by atoms with Crippen molar-refractivity contribution < 1.29 is 19.8 Å². The Balaban J connectivity index is 1.80. The molecule has 6 nitrogen and oxygen atoms in total. The maximum absolute atomic E-state index is 13.5. The fourth-order valence-corrected chi connectivity index (χ4v) is 4.84. The van der Waals surface area contributed by atoms with Crippen LogP contribution in [0.3, 0.4) is 0 Å². The maximum atomic E-state index is 13.5. The number of amides is 2. The second-order valence-corrected chi connectivity index (χ2v) is 8.62. The number of carbonyl (C=O) groups excluding carboxylic acids is 1. The Hall–Kier alpha value is -1.60. The number of aliphatic hydroxyl groups is 1. The molecule has 148 valence electrons. The van der Waals surface area contributed by atoms with Gasteiger partial charge in [-0.05, 0) is 43.4 Å². The minimum absolute atomic E-state index is 0.0497. The van der Waals surface area contributed by atoms with Gasteiger partial charge in [-0.2, -0.15) is 0 Å². The third-order valence-electron chi connectivity index (χ3n) is 5.82. The van der Waals surface area contributed by atoms with Crippen LogP contribution in [-0.2, 0) is 4.79 Å². The summed E-state index contributed by atoms with van der Waals surface area (Å²) in [5, 5.41) is 22.8. The van der Waals surface area contributed by atoms with Crippen molar-refractivity contribution in [2.24, 2.45) is 0 Å². The van der Waals surface area contributed by atoms with Crippen LogP contribution in [0.15, 0.2) is 28.7 Å². The number of likely N-dealkylation sites (tertiary alicyclic amines) is 1. The quantitative estimate of drug-likeness (QED) is 0.670. The van der Waals surface area contributed by atoms with Crippen LogP contribution >= 0.6 is 15.9 Å². The predicted molar refractivity (Wildman–Crippen MR) is 106 cm³/mol. The van der Waals surface area contributed by atoms with Crippen LogP contribution < -0.4 is 5.32 Å². The van der Waals surface area contributed by atoms with E-state index in [0.717, 1.165) is 29.3 Å². The lowest BCUT2D eigenvalue weighted by molar-refractivity contribution is -0.142. The molecule has 1 heterocycles. The lowest BCUT2D eigenvalue weighted by atomic mass is 9.72. The van der Waals surface area contributed by atoms with Crippen molar-refractivity contribution in [1.29, 1.82) is 0 Å². The highest BCUT2D eigenvalue weighted by Crippen LogP contribution is 2.42. The largest absolute Gasteiger partial charge is 0.465 e. The van der Waals surface area contributed by atoms with Gasteiger partial charge in [0.1, 0.15) is 0 Å². The number of rotatable bonds is 4. The van der Waals surface area contributed by atoms with Crippen molar-refractivity contribution in [3.63, 3.8) is 0 Å². The van der Waals surface area contributed by atoms with E-state index in [1.54, 1.807) is 4.90 Å². The van der Waals surface area contributed by atoms with E-state index >= 15 is 0 Å². The molecule has 1 saturated carbocycles. The van der Waals surface area contributed by atoms with Gasteiger partial charge in [0.15, 0.2) is 0 Å². The molecule has 7 heteroatoms. The average molecular weight is 439 g/mol. The van der Waals surface area contributed by atoms with E-state index in [-0.39, 0.29) is 11.9 Å². The molecule has 0 aromatic heterocycles. The first-order valence-corrected chi connectivity index (χ1v) is 10.4. The van der Waals surface area contributed by atoms with E-state index in [0.29, 0.717) is 38.8 Å². The smallest absolute Gasteiger partial charge is 0.404 e. The molecule has 1 atom stereocenters. The number of halogens is 1. The molecule has 2 fully saturated rings. The molecule has 0 bridgehead atoms. The molecule has 3 N–H and O–H groups in total. The molecule has 1 aliphatic carbocycles. The summed E-state index contributed by atoms with van der Waals surface area (Å²) in [6.07, 6.45) is 4.39. The first-order chi connectivity index (χ1) is 12.9. The van der Waals surface area contributed by atoms with Gasteiger partial charge in [-0.15, -0.1) is 0 Å². The number of benzene rings is 1. The molecular weight excluding hydrogens is 412 g/mol. The molecule has 1 aromatic rings. The lowest BCUT2D eigenvalue weighted by Gasteiger charge is -2.42. The highest BCUT2D eigenvalue weighted by molar-refractivity contribution is 9.10. The number of hydrogen-bond acceptors (Lipinski definition) is 3. The fourth-order valence-electron chi connectivity index (χ4n) is 4.42. The van der Waals surface area contributed by atoms with Crippen molar-refractivity contribution in [3.8, 4) is 0 Å². The summed E-state index contributed by atoms with van der Waals surface area (Å²) in [5.74, 6) is -0.634. The topological polar surface area (TPSA) is 89.9 Å². The molecule has 0 radical (unpaired) electrons. The Bertz CT molecular complexity index is 682. The molecule has 2 amide bonds. The second-order valence-electron chi connectivity index (χ2n) is 7.70. The number of nitrogens with zero attached hydrogens (tertiary/aromatic N) is 1. The van der Waals surface area contributed by atoms with E-state index in [9.17, 15) is 14.7 Å². The molecule has 0 spiro atoms. The van der Waals surface area contributed by atoms with Crippen molar-refractivity contribution in [1.82, 2.24) is 10.2 Å². The highest BCUT2D eigenvalue weighted by atomic mass is 79.9. The summed E-state index contributed by atoms with van der Waals surface area (Å²) >= 11 is 3.48. The van der Waals surface area contributed by atoms with Crippen LogP contribution in [0.1, 0.15) is 56.4 Å². The Morgan fingerprint density at radius 2 is 1.85 bits per heavy atom. The molecule has 2 aliphatic rings. The summed E-state index contributed by atoms with van der Waals surface area (Å²) in [4.78, 5) is 26.1. The minimum atomic E-state index is -1.02. The van der Waals surface area contributed by atoms with Crippen molar-refractivity contribution in [2.45, 2.75) is 62.5 Å². The zero-order chi connectivity index (χ0) is 19.4. The zero-order valence-electron chi connectivity index (χ0n) is 15.4. The van der Waals surface area contributed by atoms with Gasteiger partial charge in [-0.25, -0.2) is 4.79 Å². The fraction of sp³-hybridized carbons (Fsp3) is 0.600. The van der Waals surface area contributed by atoms with Gasteiger partial charge in [-0.3, -0.25) is 4.79 Å². The number of piperidine rings is 1. The van der Waals surface area contributed by atoms with Crippen LogP contribution in [0.25, 0.3) is 0 Å². The van der Waals surface area contributed by atoms with Gasteiger partial charge < -0.3 is 20.4 Å². The van der Waals surface area contributed by atoms with E-state index in [4.69, 9.17) is 5.11 Å². The Morgan fingerprint density at radius 3 is 2.44 bits per heavy atom. The Labute approximate surface area is 168 Å². The van der Waals surface area contributed by atoms with Gasteiger partial charge in [0.25, 0.3) is 0 Å². The van der Waals surface area contributed by atoms with Crippen LogP contribution in [0.4, 0.5) is 4.79 Å². The molecular formula is C20H27BrN2O4. The third kappa shape index (κ3) is 4.82. The highest BCUT2D eigenvalue weighted by Gasteiger charge is 2.45. The normalized spacial score (nSPS) is 21.5. The number of carboxylic acid groups (broad SMARTS) is 1. The van der Waals surface area contributed by atoms with Crippen LogP contribution in [0.2, 0.25) is 0 Å². The minimum Gasteiger partial charge on any atom is -0.465 e. The van der Waals surface area contributed by atoms with Gasteiger partial charge in [0.2, 0.25) is 5.91 Å². The van der Waals surface area contributed by atoms with Crippen LogP contribution in [0, 0.1) is 0 Å². The summed E-state index contributed by atoms with van der Waals surface area (Å²) in [7, 11) is 0. The summed E-state index contributed by atoms with van der Waals surface area (Å²) in [5.41, 5.74) is -0.184. The first kappa shape index (κ1) is 20.1. The van der Waals surface area contributed by atoms with Crippen LogP contribution in [0.5, 0.6) is 0 Å². The average Bonchev–Trinajstić information content (AvgIpc) is 2.62. The van der Waals surface area contributed by atoms with Crippen molar-refractivity contribution in [2.75, 3.05) is 13.1 Å². The van der Waals surface area contributed by atoms with Crippen molar-refractivity contribution >= 4 is 27.9 Å². The van der Waals surface area contributed by atoms with Gasteiger partial charge in [0.05, 0.1) is 11.5 Å². The second kappa shape index (κ2) is 8.61.